The predicted octanol–water partition coefficient (Wildman–Crippen LogP) is 2.50. The molecule has 0 unspecified atom stereocenters. The summed E-state index contributed by atoms with van der Waals surface area (Å²) in [5.74, 6) is 0. The summed E-state index contributed by atoms with van der Waals surface area (Å²) >= 11 is 5.91. The average Bonchev–Trinajstić information content (AvgIpc) is 2.93. The molecule has 3 rings (SSSR count). The molecule has 0 aliphatic carbocycles. The van der Waals surface area contributed by atoms with Gasteiger partial charge in [0.2, 0.25) is 0 Å². The zero-order valence-corrected chi connectivity index (χ0v) is 12.0. The maximum Gasteiger partial charge on any atom is 0.104 e. The summed E-state index contributed by atoms with van der Waals surface area (Å²) in [6.07, 6.45) is 3.49. The van der Waals surface area contributed by atoms with Gasteiger partial charge in [0.25, 0.3) is 0 Å². The van der Waals surface area contributed by atoms with E-state index in [0.29, 0.717) is 18.1 Å². The van der Waals surface area contributed by atoms with E-state index in [2.05, 4.69) is 15.3 Å². The van der Waals surface area contributed by atoms with Crippen molar-refractivity contribution in [3.8, 4) is 11.3 Å². The van der Waals surface area contributed by atoms with Crippen molar-refractivity contribution in [2.75, 3.05) is 0 Å². The highest BCUT2D eigenvalue weighted by molar-refractivity contribution is 6.30. The third kappa shape index (κ3) is 2.94. The standard InChI is InChI=1S/C15H14ClN5/c16-13-3-1-11(2-4-13)10-21-15(14(9-17)19-20-21)12-5-7-18-8-6-12/h1-8H,9-10,17H2. The first kappa shape index (κ1) is 13.7. The van der Waals surface area contributed by atoms with Crippen molar-refractivity contribution in [2.45, 2.75) is 13.1 Å². The predicted molar refractivity (Wildman–Crippen MR) is 81.7 cm³/mol. The smallest absolute Gasteiger partial charge is 0.104 e. The Morgan fingerprint density at radius 1 is 1.05 bits per heavy atom. The van der Waals surface area contributed by atoms with Crippen LogP contribution in [0.25, 0.3) is 11.3 Å². The highest BCUT2D eigenvalue weighted by Gasteiger charge is 2.13. The zero-order valence-electron chi connectivity index (χ0n) is 11.3. The topological polar surface area (TPSA) is 69.6 Å². The monoisotopic (exact) mass is 299 g/mol. The fourth-order valence-electron chi connectivity index (χ4n) is 2.19. The van der Waals surface area contributed by atoms with Crippen molar-refractivity contribution in [1.29, 1.82) is 0 Å². The molecule has 21 heavy (non-hydrogen) atoms. The summed E-state index contributed by atoms with van der Waals surface area (Å²) < 4.78 is 1.85. The Morgan fingerprint density at radius 3 is 2.43 bits per heavy atom. The molecule has 2 N–H and O–H groups in total. The van der Waals surface area contributed by atoms with Crippen LogP contribution in [0, 0.1) is 0 Å². The lowest BCUT2D eigenvalue weighted by Gasteiger charge is -2.08. The Morgan fingerprint density at radius 2 is 1.76 bits per heavy atom. The van der Waals surface area contributed by atoms with Crippen molar-refractivity contribution in [3.63, 3.8) is 0 Å². The molecule has 0 atom stereocenters. The first-order chi connectivity index (χ1) is 10.3. The number of hydrogen-bond donors (Lipinski definition) is 1. The Hall–Kier alpha value is -2.24. The Kier molecular flexibility index (Phi) is 3.94. The van der Waals surface area contributed by atoms with Gasteiger partial charge < -0.3 is 5.73 Å². The van der Waals surface area contributed by atoms with Crippen LogP contribution in [0.5, 0.6) is 0 Å². The molecule has 0 aliphatic rings. The molecule has 2 heterocycles. The second-order valence-electron chi connectivity index (χ2n) is 4.61. The van der Waals surface area contributed by atoms with E-state index in [4.69, 9.17) is 17.3 Å². The number of nitrogens with two attached hydrogens (primary N) is 1. The zero-order chi connectivity index (χ0) is 14.7. The minimum Gasteiger partial charge on any atom is -0.325 e. The highest BCUT2D eigenvalue weighted by atomic mass is 35.5. The first-order valence-electron chi connectivity index (χ1n) is 6.55. The quantitative estimate of drug-likeness (QED) is 0.803. The van der Waals surface area contributed by atoms with Crippen LogP contribution >= 0.6 is 11.6 Å². The molecule has 5 nitrogen and oxygen atoms in total. The Labute approximate surface area is 127 Å². The van der Waals surface area contributed by atoms with Gasteiger partial charge in [-0.2, -0.15) is 0 Å². The highest BCUT2D eigenvalue weighted by Crippen LogP contribution is 2.22. The molecule has 0 aliphatic heterocycles. The fraction of sp³-hybridized carbons (Fsp3) is 0.133. The number of pyridine rings is 1. The Bertz CT molecular complexity index is 722. The van der Waals surface area contributed by atoms with Gasteiger partial charge in [0.1, 0.15) is 5.69 Å². The lowest BCUT2D eigenvalue weighted by molar-refractivity contribution is 0.655. The summed E-state index contributed by atoms with van der Waals surface area (Å²) in [4.78, 5) is 4.04. The molecule has 106 valence electrons. The second-order valence-corrected chi connectivity index (χ2v) is 5.05. The molecular formula is C15H14ClN5. The summed E-state index contributed by atoms with van der Waals surface area (Å²) in [5, 5.41) is 9.10. The van der Waals surface area contributed by atoms with Crippen molar-refractivity contribution in [2.24, 2.45) is 5.73 Å². The molecule has 0 amide bonds. The van der Waals surface area contributed by atoms with Crippen LogP contribution in [-0.4, -0.2) is 20.0 Å². The average molecular weight is 300 g/mol. The van der Waals surface area contributed by atoms with E-state index >= 15 is 0 Å². The lowest BCUT2D eigenvalue weighted by atomic mass is 10.1. The molecule has 6 heteroatoms. The lowest BCUT2D eigenvalue weighted by Crippen LogP contribution is -2.05. The summed E-state index contributed by atoms with van der Waals surface area (Å²) in [7, 11) is 0. The van der Waals surface area contributed by atoms with Crippen LogP contribution in [0.3, 0.4) is 0 Å². The van der Waals surface area contributed by atoms with Gasteiger partial charge in [-0.1, -0.05) is 28.9 Å². The molecule has 0 radical (unpaired) electrons. The molecule has 0 fully saturated rings. The second kappa shape index (κ2) is 6.03. The fourth-order valence-corrected chi connectivity index (χ4v) is 2.31. The number of rotatable bonds is 4. The van der Waals surface area contributed by atoms with E-state index in [1.165, 1.54) is 0 Å². The van der Waals surface area contributed by atoms with Crippen LogP contribution in [-0.2, 0) is 13.1 Å². The van der Waals surface area contributed by atoms with Crippen molar-refractivity contribution >= 4 is 11.6 Å². The number of aromatic nitrogens is 4. The molecule has 0 spiro atoms. The van der Waals surface area contributed by atoms with Gasteiger partial charge in [-0.25, -0.2) is 4.68 Å². The minimum atomic E-state index is 0.346. The summed E-state index contributed by atoms with van der Waals surface area (Å²) in [6, 6.07) is 11.5. The van der Waals surface area contributed by atoms with E-state index < -0.39 is 0 Å². The largest absolute Gasteiger partial charge is 0.325 e. The third-order valence-corrected chi connectivity index (χ3v) is 3.45. The molecule has 1 aromatic carbocycles. The summed E-state index contributed by atoms with van der Waals surface area (Å²) in [5.41, 5.74) is 9.57. The Balaban J connectivity index is 1.99. The summed E-state index contributed by atoms with van der Waals surface area (Å²) in [6.45, 7) is 0.958. The van der Waals surface area contributed by atoms with E-state index in [-0.39, 0.29) is 0 Å². The maximum absolute atomic E-state index is 5.91. The van der Waals surface area contributed by atoms with Gasteiger partial charge in [-0.05, 0) is 29.8 Å². The number of hydrogen-bond acceptors (Lipinski definition) is 4. The molecule has 3 aromatic rings. The maximum atomic E-state index is 5.91. The van der Waals surface area contributed by atoms with E-state index in [1.54, 1.807) is 12.4 Å². The molecular weight excluding hydrogens is 286 g/mol. The van der Waals surface area contributed by atoms with Crippen LogP contribution < -0.4 is 5.73 Å². The number of halogens is 1. The van der Waals surface area contributed by atoms with Gasteiger partial charge in [-0.3, -0.25) is 4.98 Å². The van der Waals surface area contributed by atoms with Crippen molar-refractivity contribution in [1.82, 2.24) is 20.0 Å². The molecule has 0 saturated heterocycles. The van der Waals surface area contributed by atoms with Crippen molar-refractivity contribution < 1.29 is 0 Å². The van der Waals surface area contributed by atoms with Crippen LogP contribution in [0.1, 0.15) is 11.3 Å². The molecule has 0 bridgehead atoms. The van der Waals surface area contributed by atoms with Gasteiger partial charge in [0.15, 0.2) is 0 Å². The number of benzene rings is 1. The third-order valence-electron chi connectivity index (χ3n) is 3.20. The van der Waals surface area contributed by atoms with E-state index in [0.717, 1.165) is 22.5 Å². The van der Waals surface area contributed by atoms with E-state index in [9.17, 15) is 0 Å². The SMILES string of the molecule is NCc1nnn(Cc2ccc(Cl)cc2)c1-c1ccncc1. The van der Waals surface area contributed by atoms with Gasteiger partial charge in [0.05, 0.1) is 12.2 Å². The molecule has 0 saturated carbocycles. The minimum absolute atomic E-state index is 0.346. The number of nitrogens with zero attached hydrogens (tertiary/aromatic N) is 4. The van der Waals surface area contributed by atoms with Crippen LogP contribution in [0.2, 0.25) is 5.02 Å². The van der Waals surface area contributed by atoms with Crippen LogP contribution in [0.15, 0.2) is 48.8 Å². The van der Waals surface area contributed by atoms with Crippen molar-refractivity contribution in [3.05, 3.63) is 65.1 Å². The van der Waals surface area contributed by atoms with Gasteiger partial charge in [-0.15, -0.1) is 5.10 Å². The van der Waals surface area contributed by atoms with Crippen LogP contribution in [0.4, 0.5) is 0 Å². The van der Waals surface area contributed by atoms with Gasteiger partial charge >= 0.3 is 0 Å². The van der Waals surface area contributed by atoms with Gasteiger partial charge in [0, 0.05) is 29.5 Å². The molecule has 2 aromatic heterocycles. The first-order valence-corrected chi connectivity index (χ1v) is 6.93. The van der Waals surface area contributed by atoms with E-state index in [1.807, 2.05) is 41.1 Å². The normalized spacial score (nSPS) is 10.8.